The fourth-order valence-electron chi connectivity index (χ4n) is 2.65. The highest BCUT2D eigenvalue weighted by atomic mass is 15.2. The van der Waals surface area contributed by atoms with Gasteiger partial charge in [0.25, 0.3) is 0 Å². The van der Waals surface area contributed by atoms with Crippen molar-refractivity contribution in [3.8, 4) is 0 Å². The van der Waals surface area contributed by atoms with Crippen molar-refractivity contribution in [1.29, 1.82) is 0 Å². The van der Waals surface area contributed by atoms with E-state index in [9.17, 15) is 0 Å². The molecule has 0 fully saturated rings. The topological polar surface area (TPSA) is 55.9 Å². The average Bonchev–Trinajstić information content (AvgIpc) is 2.91. The minimum Gasteiger partial charge on any atom is -0.338 e. The number of imidazole rings is 1. The molecular weight excluding hydrogens is 260 g/mol. The second-order valence-corrected chi connectivity index (χ2v) is 5.41. The number of hydrogen-bond donors (Lipinski definition) is 2. The Morgan fingerprint density at radius 3 is 2.67 bits per heavy atom. The minimum absolute atomic E-state index is 0.173. The summed E-state index contributed by atoms with van der Waals surface area (Å²) in [5.74, 6) is 6.75. The van der Waals surface area contributed by atoms with Crippen LogP contribution < -0.4 is 11.3 Å². The molecule has 3 N–H and O–H groups in total. The third-order valence-corrected chi connectivity index (χ3v) is 3.88. The van der Waals surface area contributed by atoms with Gasteiger partial charge in [-0.25, -0.2) is 4.98 Å². The molecule has 2 aromatic carbocycles. The first-order valence-corrected chi connectivity index (χ1v) is 7.16. The molecule has 108 valence electrons. The molecule has 1 unspecified atom stereocenters. The van der Waals surface area contributed by atoms with Crippen LogP contribution in [0.25, 0.3) is 10.8 Å². The normalized spacial score (nSPS) is 12.7. The van der Waals surface area contributed by atoms with Gasteiger partial charge in [-0.1, -0.05) is 42.5 Å². The third-order valence-electron chi connectivity index (χ3n) is 3.88. The van der Waals surface area contributed by atoms with Crippen molar-refractivity contribution >= 4 is 10.8 Å². The Labute approximate surface area is 124 Å². The molecule has 3 aromatic rings. The molecule has 21 heavy (non-hydrogen) atoms. The highest BCUT2D eigenvalue weighted by Crippen LogP contribution is 2.17. The second-order valence-electron chi connectivity index (χ2n) is 5.41. The lowest BCUT2D eigenvalue weighted by Gasteiger charge is -2.16. The molecule has 0 saturated carbocycles. The Kier molecular flexibility index (Phi) is 3.99. The van der Waals surface area contributed by atoms with Gasteiger partial charge in [-0.3, -0.25) is 11.3 Å². The Bertz CT molecular complexity index is 732. The molecule has 0 spiro atoms. The molecule has 0 aliphatic heterocycles. The van der Waals surface area contributed by atoms with Crippen LogP contribution in [0.15, 0.2) is 54.9 Å². The highest BCUT2D eigenvalue weighted by Gasteiger charge is 2.12. The van der Waals surface area contributed by atoms with Crippen LogP contribution in [0, 0.1) is 0 Å². The number of nitrogens with one attached hydrogen (secondary N) is 1. The van der Waals surface area contributed by atoms with E-state index < -0.39 is 0 Å². The molecule has 4 heteroatoms. The zero-order chi connectivity index (χ0) is 14.7. The summed E-state index contributed by atoms with van der Waals surface area (Å²) < 4.78 is 2.03. The van der Waals surface area contributed by atoms with Crippen LogP contribution in [-0.4, -0.2) is 15.6 Å². The molecule has 4 nitrogen and oxygen atoms in total. The molecule has 3 rings (SSSR count). The Morgan fingerprint density at radius 1 is 1.14 bits per heavy atom. The van der Waals surface area contributed by atoms with Crippen molar-refractivity contribution in [2.75, 3.05) is 0 Å². The van der Waals surface area contributed by atoms with E-state index in [0.717, 1.165) is 18.7 Å². The number of fused-ring (bicyclic) bond motifs is 1. The van der Waals surface area contributed by atoms with Gasteiger partial charge >= 0.3 is 0 Å². The molecule has 0 bridgehead atoms. The fourth-order valence-corrected chi connectivity index (χ4v) is 2.65. The lowest BCUT2D eigenvalue weighted by Crippen LogP contribution is -2.39. The van der Waals surface area contributed by atoms with E-state index in [1.807, 2.05) is 24.0 Å². The lowest BCUT2D eigenvalue weighted by molar-refractivity contribution is 0.505. The van der Waals surface area contributed by atoms with Gasteiger partial charge in [-0.2, -0.15) is 0 Å². The Hall–Kier alpha value is -2.17. The first-order chi connectivity index (χ1) is 10.3. The van der Waals surface area contributed by atoms with E-state index in [-0.39, 0.29) is 6.04 Å². The molecular formula is C17H20N4. The summed E-state index contributed by atoms with van der Waals surface area (Å²) in [6, 6.07) is 15.1. The summed E-state index contributed by atoms with van der Waals surface area (Å²) in [5.41, 5.74) is 4.19. The van der Waals surface area contributed by atoms with E-state index in [0.29, 0.717) is 0 Å². The maximum atomic E-state index is 5.71. The van der Waals surface area contributed by atoms with Crippen LogP contribution in [-0.2, 0) is 19.9 Å². The summed E-state index contributed by atoms with van der Waals surface area (Å²) in [7, 11) is 2.01. The maximum absolute atomic E-state index is 5.71. The van der Waals surface area contributed by atoms with Gasteiger partial charge in [0, 0.05) is 31.9 Å². The third kappa shape index (κ3) is 3.12. The SMILES string of the molecule is Cn1ccnc1CC(Cc1ccc2ccccc2c1)NN. The summed E-state index contributed by atoms with van der Waals surface area (Å²) >= 11 is 0. The number of hydrogen-bond acceptors (Lipinski definition) is 3. The number of hydrazine groups is 1. The lowest BCUT2D eigenvalue weighted by atomic mass is 10.00. The summed E-state index contributed by atoms with van der Waals surface area (Å²) in [4.78, 5) is 4.36. The summed E-state index contributed by atoms with van der Waals surface area (Å²) in [6.45, 7) is 0. The van der Waals surface area contributed by atoms with Crippen LogP contribution in [0.2, 0.25) is 0 Å². The summed E-state index contributed by atoms with van der Waals surface area (Å²) in [6.07, 6.45) is 5.47. The smallest absolute Gasteiger partial charge is 0.109 e. The molecule has 0 amide bonds. The van der Waals surface area contributed by atoms with E-state index in [2.05, 4.69) is 52.9 Å². The zero-order valence-electron chi connectivity index (χ0n) is 12.2. The monoisotopic (exact) mass is 280 g/mol. The molecule has 0 radical (unpaired) electrons. The number of rotatable bonds is 5. The number of aryl methyl sites for hydroxylation is 1. The number of benzene rings is 2. The van der Waals surface area contributed by atoms with Crippen LogP contribution >= 0.6 is 0 Å². The van der Waals surface area contributed by atoms with E-state index >= 15 is 0 Å². The van der Waals surface area contributed by atoms with Gasteiger partial charge in [0.05, 0.1) is 0 Å². The predicted molar refractivity (Wildman–Crippen MR) is 85.7 cm³/mol. The minimum atomic E-state index is 0.173. The predicted octanol–water partition coefficient (Wildman–Crippen LogP) is 2.19. The zero-order valence-corrected chi connectivity index (χ0v) is 12.2. The van der Waals surface area contributed by atoms with Crippen molar-refractivity contribution < 1.29 is 0 Å². The van der Waals surface area contributed by atoms with Gasteiger partial charge in [-0.15, -0.1) is 0 Å². The fraction of sp³-hybridized carbons (Fsp3) is 0.235. The summed E-state index contributed by atoms with van der Waals surface area (Å²) in [5, 5.41) is 2.53. The van der Waals surface area contributed by atoms with Gasteiger partial charge < -0.3 is 4.57 Å². The molecule has 1 aromatic heterocycles. The van der Waals surface area contributed by atoms with Crippen LogP contribution in [0.1, 0.15) is 11.4 Å². The van der Waals surface area contributed by atoms with Gasteiger partial charge in [0.15, 0.2) is 0 Å². The Morgan fingerprint density at radius 2 is 1.95 bits per heavy atom. The Balaban J connectivity index is 1.77. The van der Waals surface area contributed by atoms with Gasteiger partial charge in [0.2, 0.25) is 0 Å². The van der Waals surface area contributed by atoms with Crippen molar-refractivity contribution in [3.63, 3.8) is 0 Å². The van der Waals surface area contributed by atoms with E-state index in [4.69, 9.17) is 5.84 Å². The van der Waals surface area contributed by atoms with Crippen LogP contribution in [0.4, 0.5) is 0 Å². The van der Waals surface area contributed by atoms with Gasteiger partial charge in [0.1, 0.15) is 5.82 Å². The molecule has 0 aliphatic rings. The molecule has 0 aliphatic carbocycles. The maximum Gasteiger partial charge on any atom is 0.109 e. The van der Waals surface area contributed by atoms with Crippen molar-refractivity contribution in [3.05, 3.63) is 66.2 Å². The molecule has 1 atom stereocenters. The number of nitrogens with zero attached hydrogens (tertiary/aromatic N) is 2. The van der Waals surface area contributed by atoms with Crippen molar-refractivity contribution in [2.24, 2.45) is 12.9 Å². The van der Waals surface area contributed by atoms with Crippen molar-refractivity contribution in [1.82, 2.24) is 15.0 Å². The van der Waals surface area contributed by atoms with Crippen LogP contribution in [0.5, 0.6) is 0 Å². The first kappa shape index (κ1) is 13.8. The van der Waals surface area contributed by atoms with Crippen LogP contribution in [0.3, 0.4) is 0 Å². The quantitative estimate of drug-likeness (QED) is 0.556. The standard InChI is InChI=1S/C17H20N4/c1-21-9-8-19-17(21)12-16(20-18)11-13-6-7-14-4-2-3-5-15(14)10-13/h2-10,16,20H,11-12,18H2,1H3. The first-order valence-electron chi connectivity index (χ1n) is 7.16. The second kappa shape index (κ2) is 6.08. The van der Waals surface area contributed by atoms with Gasteiger partial charge in [-0.05, 0) is 22.8 Å². The highest BCUT2D eigenvalue weighted by molar-refractivity contribution is 5.82. The van der Waals surface area contributed by atoms with E-state index in [1.54, 1.807) is 0 Å². The number of aromatic nitrogens is 2. The molecule has 1 heterocycles. The number of nitrogens with two attached hydrogens (primary N) is 1. The van der Waals surface area contributed by atoms with E-state index in [1.165, 1.54) is 16.3 Å². The molecule has 0 saturated heterocycles. The average molecular weight is 280 g/mol. The largest absolute Gasteiger partial charge is 0.338 e. The van der Waals surface area contributed by atoms with Crippen molar-refractivity contribution in [2.45, 2.75) is 18.9 Å².